The lowest BCUT2D eigenvalue weighted by molar-refractivity contribution is -0.385. The molecule has 0 atom stereocenters. The molecule has 0 aromatic heterocycles. The summed E-state index contributed by atoms with van der Waals surface area (Å²) in [6.45, 7) is 1.49. The highest BCUT2D eigenvalue weighted by molar-refractivity contribution is 5.91. The van der Waals surface area contributed by atoms with Crippen molar-refractivity contribution in [3.05, 3.63) is 38.9 Å². The van der Waals surface area contributed by atoms with Gasteiger partial charge in [0.2, 0.25) is 0 Å². The van der Waals surface area contributed by atoms with Crippen molar-refractivity contribution in [2.24, 2.45) is 5.73 Å². The molecule has 17 heavy (non-hydrogen) atoms. The molecule has 0 fully saturated rings. The topological polar surface area (TPSA) is 106 Å². The van der Waals surface area contributed by atoms with Gasteiger partial charge in [0.1, 0.15) is 0 Å². The molecule has 0 radical (unpaired) electrons. The number of nitrogens with zero attached hydrogens (tertiary/aromatic N) is 1. The van der Waals surface area contributed by atoms with Gasteiger partial charge in [-0.05, 0) is 13.0 Å². The third-order valence-electron chi connectivity index (χ3n) is 2.14. The number of benzene rings is 1. The molecule has 88 valence electrons. The van der Waals surface area contributed by atoms with Crippen LogP contribution in [0.3, 0.4) is 0 Å². The van der Waals surface area contributed by atoms with Gasteiger partial charge >= 0.3 is 5.97 Å². The summed E-state index contributed by atoms with van der Waals surface area (Å²) in [4.78, 5) is 21.1. The number of carboxylic acid groups (broad SMARTS) is 1. The van der Waals surface area contributed by atoms with E-state index in [1.807, 2.05) is 0 Å². The van der Waals surface area contributed by atoms with Gasteiger partial charge in [-0.2, -0.15) is 0 Å². The zero-order chi connectivity index (χ0) is 13.0. The van der Waals surface area contributed by atoms with E-state index in [0.29, 0.717) is 0 Å². The molecule has 0 aliphatic heterocycles. The molecule has 0 spiro atoms. The molecule has 0 bridgehead atoms. The van der Waals surface area contributed by atoms with Gasteiger partial charge in [-0.15, -0.1) is 0 Å². The summed E-state index contributed by atoms with van der Waals surface area (Å²) >= 11 is 0. The summed E-state index contributed by atoms with van der Waals surface area (Å²) < 4.78 is 0. The van der Waals surface area contributed by atoms with Crippen molar-refractivity contribution in [2.75, 3.05) is 6.54 Å². The number of nitro groups is 1. The number of rotatable bonds is 2. The molecule has 0 aliphatic rings. The van der Waals surface area contributed by atoms with Crippen molar-refractivity contribution in [2.45, 2.75) is 6.92 Å². The van der Waals surface area contributed by atoms with Crippen LogP contribution in [-0.4, -0.2) is 22.5 Å². The minimum atomic E-state index is -1.22. The fraction of sp³-hybridized carbons (Fsp3) is 0.182. The van der Waals surface area contributed by atoms with E-state index in [1.54, 1.807) is 0 Å². The second-order valence-electron chi connectivity index (χ2n) is 3.24. The monoisotopic (exact) mass is 234 g/mol. The maximum Gasteiger partial charge on any atom is 0.336 e. The fourth-order valence-electron chi connectivity index (χ4n) is 1.34. The standard InChI is InChI=1S/C11H10N2O4/c1-7-9(11(14)15)5-8(3-2-4-12)6-10(7)13(16)17/h5-6H,4,12H2,1H3,(H,14,15). The van der Waals surface area contributed by atoms with E-state index >= 15 is 0 Å². The third-order valence-corrected chi connectivity index (χ3v) is 2.14. The van der Waals surface area contributed by atoms with Crippen molar-refractivity contribution in [1.82, 2.24) is 0 Å². The summed E-state index contributed by atoms with van der Waals surface area (Å²) in [6.07, 6.45) is 0. The van der Waals surface area contributed by atoms with Crippen LogP contribution in [0.2, 0.25) is 0 Å². The highest BCUT2D eigenvalue weighted by Gasteiger charge is 2.19. The van der Waals surface area contributed by atoms with E-state index in [0.717, 1.165) is 0 Å². The predicted molar refractivity (Wildman–Crippen MR) is 60.7 cm³/mol. The molecule has 1 aromatic rings. The van der Waals surface area contributed by atoms with Crippen molar-refractivity contribution in [3.8, 4) is 11.8 Å². The normalized spacial score (nSPS) is 9.29. The Bertz CT molecular complexity index is 505. The molecule has 1 aromatic carbocycles. The van der Waals surface area contributed by atoms with Gasteiger partial charge in [0, 0.05) is 17.2 Å². The molecule has 0 aliphatic carbocycles. The molecule has 0 saturated carbocycles. The second-order valence-corrected chi connectivity index (χ2v) is 3.24. The van der Waals surface area contributed by atoms with Crippen LogP contribution in [0.25, 0.3) is 0 Å². The summed E-state index contributed by atoms with van der Waals surface area (Å²) in [5.74, 6) is 3.88. The van der Waals surface area contributed by atoms with Crippen LogP contribution in [0.4, 0.5) is 5.69 Å². The van der Waals surface area contributed by atoms with Gasteiger partial charge in [0.05, 0.1) is 17.0 Å². The average Bonchev–Trinajstić information content (AvgIpc) is 2.26. The number of aromatic carboxylic acids is 1. The van der Waals surface area contributed by atoms with E-state index in [2.05, 4.69) is 11.8 Å². The molecule has 0 heterocycles. The lowest BCUT2D eigenvalue weighted by atomic mass is 10.0. The quantitative estimate of drug-likeness (QED) is 0.449. The summed E-state index contributed by atoms with van der Waals surface area (Å²) in [7, 11) is 0. The highest BCUT2D eigenvalue weighted by Crippen LogP contribution is 2.23. The molecular weight excluding hydrogens is 224 g/mol. The molecule has 0 unspecified atom stereocenters. The van der Waals surface area contributed by atoms with Crippen LogP contribution in [0, 0.1) is 28.9 Å². The molecule has 1 rings (SSSR count). The maximum atomic E-state index is 10.9. The first-order valence-corrected chi connectivity index (χ1v) is 4.68. The van der Waals surface area contributed by atoms with Gasteiger partial charge in [0.15, 0.2) is 0 Å². The minimum Gasteiger partial charge on any atom is -0.478 e. The molecule has 6 heteroatoms. The minimum absolute atomic E-state index is 0.101. The van der Waals surface area contributed by atoms with Gasteiger partial charge in [-0.25, -0.2) is 4.79 Å². The predicted octanol–water partition coefficient (Wildman–Crippen LogP) is 0.912. The Kier molecular flexibility index (Phi) is 3.80. The number of hydrogen-bond donors (Lipinski definition) is 2. The highest BCUT2D eigenvalue weighted by atomic mass is 16.6. The average molecular weight is 234 g/mol. The van der Waals surface area contributed by atoms with Crippen LogP contribution in [0.15, 0.2) is 12.1 Å². The van der Waals surface area contributed by atoms with Crippen LogP contribution < -0.4 is 5.73 Å². The molecular formula is C11H10N2O4. The van der Waals surface area contributed by atoms with E-state index in [1.165, 1.54) is 19.1 Å². The Morgan fingerprint density at radius 2 is 2.24 bits per heavy atom. The van der Waals surface area contributed by atoms with Crippen molar-refractivity contribution in [1.29, 1.82) is 0 Å². The zero-order valence-corrected chi connectivity index (χ0v) is 9.06. The molecule has 0 amide bonds. The van der Waals surface area contributed by atoms with Crippen molar-refractivity contribution in [3.63, 3.8) is 0 Å². The first-order valence-electron chi connectivity index (χ1n) is 4.68. The van der Waals surface area contributed by atoms with Crippen LogP contribution in [-0.2, 0) is 0 Å². The van der Waals surface area contributed by atoms with E-state index in [9.17, 15) is 14.9 Å². The Morgan fingerprint density at radius 1 is 1.59 bits per heavy atom. The van der Waals surface area contributed by atoms with Crippen LogP contribution in [0.5, 0.6) is 0 Å². The van der Waals surface area contributed by atoms with E-state index in [4.69, 9.17) is 10.8 Å². The zero-order valence-electron chi connectivity index (χ0n) is 9.06. The Morgan fingerprint density at radius 3 is 2.71 bits per heavy atom. The SMILES string of the molecule is Cc1c(C(=O)O)cc(C#CCN)cc1[N+](=O)[O-]. The number of carboxylic acids is 1. The summed E-state index contributed by atoms with van der Waals surface area (Å²) in [6, 6.07) is 2.54. The number of hydrogen-bond acceptors (Lipinski definition) is 4. The first kappa shape index (κ1) is 12.7. The Labute approximate surface area is 97.2 Å². The number of nitrogens with two attached hydrogens (primary N) is 1. The molecule has 6 nitrogen and oxygen atoms in total. The van der Waals surface area contributed by atoms with E-state index in [-0.39, 0.29) is 28.9 Å². The largest absolute Gasteiger partial charge is 0.478 e. The summed E-state index contributed by atoms with van der Waals surface area (Å²) in [5.41, 5.74) is 5.18. The van der Waals surface area contributed by atoms with Crippen molar-refractivity contribution >= 4 is 11.7 Å². The van der Waals surface area contributed by atoms with Crippen LogP contribution in [0.1, 0.15) is 21.5 Å². The number of nitro benzene ring substituents is 1. The maximum absolute atomic E-state index is 10.9. The number of carbonyl (C=O) groups is 1. The second kappa shape index (κ2) is 5.09. The lowest BCUT2D eigenvalue weighted by Crippen LogP contribution is -2.04. The fourth-order valence-corrected chi connectivity index (χ4v) is 1.34. The molecule has 0 saturated heterocycles. The first-order chi connectivity index (χ1) is 7.97. The van der Waals surface area contributed by atoms with Gasteiger partial charge in [-0.1, -0.05) is 11.8 Å². The lowest BCUT2D eigenvalue weighted by Gasteiger charge is -2.03. The van der Waals surface area contributed by atoms with Gasteiger partial charge < -0.3 is 10.8 Å². The Hall–Kier alpha value is -2.39. The summed E-state index contributed by atoms with van der Waals surface area (Å²) in [5, 5.41) is 19.7. The molecule has 3 N–H and O–H groups in total. The third kappa shape index (κ3) is 2.80. The van der Waals surface area contributed by atoms with Crippen LogP contribution >= 0.6 is 0 Å². The smallest absolute Gasteiger partial charge is 0.336 e. The van der Waals surface area contributed by atoms with Gasteiger partial charge in [0.25, 0.3) is 5.69 Å². The van der Waals surface area contributed by atoms with Gasteiger partial charge in [-0.3, -0.25) is 10.1 Å². The van der Waals surface area contributed by atoms with E-state index < -0.39 is 10.9 Å². The van der Waals surface area contributed by atoms with Crippen molar-refractivity contribution < 1.29 is 14.8 Å². The Balaban J connectivity index is 3.47.